The van der Waals surface area contributed by atoms with Crippen LogP contribution in [0.1, 0.15) is 6.42 Å². The highest BCUT2D eigenvalue weighted by Gasteiger charge is 2.43. The molecule has 0 aromatic carbocycles. The average molecular weight is 199 g/mol. The molecule has 0 aromatic rings. The van der Waals surface area contributed by atoms with Gasteiger partial charge >= 0.3 is 0 Å². The first-order chi connectivity index (χ1) is 4.27. The Balaban J connectivity index is 0.000000500. The van der Waals surface area contributed by atoms with E-state index in [9.17, 15) is 0 Å². The van der Waals surface area contributed by atoms with Crippen molar-refractivity contribution in [1.29, 1.82) is 0 Å². The van der Waals surface area contributed by atoms with Crippen LogP contribution in [0.2, 0.25) is 0 Å². The quantitative estimate of drug-likeness (QED) is 0.623. The maximum Gasteiger partial charge on any atom is 0.0120 e. The van der Waals surface area contributed by atoms with Crippen LogP contribution in [-0.2, 0) is 0 Å². The summed E-state index contributed by atoms with van der Waals surface area (Å²) in [6, 6.07) is 0.543. The Morgan fingerprint density at radius 3 is 1.91 bits per heavy atom. The van der Waals surface area contributed by atoms with Gasteiger partial charge in [-0.3, -0.25) is 0 Å². The van der Waals surface area contributed by atoms with E-state index in [-0.39, 0.29) is 24.8 Å². The summed E-state index contributed by atoms with van der Waals surface area (Å²) in [4.78, 5) is 2.39. The smallest absolute Gasteiger partial charge is 0.0120 e. The summed E-state index contributed by atoms with van der Waals surface area (Å²) in [6.45, 7) is 2.47. The number of hydrogen-bond acceptors (Lipinski definition) is 2. The third-order valence-electron chi connectivity index (χ3n) is 2.79. The van der Waals surface area contributed by atoms with Crippen LogP contribution in [0.25, 0.3) is 0 Å². The molecule has 1 saturated carbocycles. The molecule has 0 aromatic heterocycles. The van der Waals surface area contributed by atoms with Crippen molar-refractivity contribution in [2.75, 3.05) is 20.1 Å². The van der Waals surface area contributed by atoms with E-state index in [2.05, 4.69) is 11.9 Å². The topological polar surface area (TPSA) is 29.3 Å². The Hall–Kier alpha value is 0.500. The van der Waals surface area contributed by atoms with Gasteiger partial charge in [0.05, 0.1) is 0 Å². The number of rotatable bonds is 0. The summed E-state index contributed by atoms with van der Waals surface area (Å²) in [7, 11) is 2.19. The van der Waals surface area contributed by atoms with Crippen molar-refractivity contribution in [3.8, 4) is 0 Å². The molecule has 2 bridgehead atoms. The lowest BCUT2D eigenvalue weighted by Crippen LogP contribution is -2.60. The van der Waals surface area contributed by atoms with E-state index in [1.807, 2.05) is 0 Å². The third kappa shape index (κ3) is 1.81. The lowest BCUT2D eigenvalue weighted by Gasteiger charge is -2.51. The predicted octanol–water partition coefficient (Wildman–Crippen LogP) is 0.739. The monoisotopic (exact) mass is 198 g/mol. The van der Waals surface area contributed by atoms with Crippen molar-refractivity contribution >= 4 is 24.8 Å². The normalized spacial score (nSPS) is 41.5. The van der Waals surface area contributed by atoms with Gasteiger partial charge in [0.15, 0.2) is 0 Å². The molecule has 0 amide bonds. The number of hydrogen-bond donors (Lipinski definition) is 1. The molecular formula is C7H16Cl2N2. The summed E-state index contributed by atoms with van der Waals surface area (Å²) < 4.78 is 0. The number of nitrogens with two attached hydrogens (primary N) is 1. The molecule has 1 aliphatic carbocycles. The molecule has 2 atom stereocenters. The Kier molecular flexibility index (Phi) is 4.12. The minimum Gasteiger partial charge on any atom is -0.327 e. The molecule has 2 N–H and O–H groups in total. The van der Waals surface area contributed by atoms with Gasteiger partial charge in [-0.15, -0.1) is 24.8 Å². The third-order valence-corrected chi connectivity index (χ3v) is 2.79. The van der Waals surface area contributed by atoms with Crippen molar-refractivity contribution in [2.24, 2.45) is 17.6 Å². The summed E-state index contributed by atoms with van der Waals surface area (Å²) in [6.07, 6.45) is 1.39. The second kappa shape index (κ2) is 3.94. The highest BCUT2D eigenvalue weighted by atomic mass is 35.5. The summed E-state index contributed by atoms with van der Waals surface area (Å²) in [5.41, 5.74) is 5.86. The van der Waals surface area contributed by atoms with E-state index in [1.165, 1.54) is 19.5 Å². The van der Waals surface area contributed by atoms with Gasteiger partial charge in [0.25, 0.3) is 0 Å². The Labute approximate surface area is 80.3 Å². The van der Waals surface area contributed by atoms with Gasteiger partial charge in [-0.1, -0.05) is 0 Å². The minimum atomic E-state index is 0. The molecule has 0 radical (unpaired) electrons. The van der Waals surface area contributed by atoms with Gasteiger partial charge in [-0.2, -0.15) is 0 Å². The van der Waals surface area contributed by atoms with Crippen LogP contribution in [0.15, 0.2) is 0 Å². The molecule has 2 unspecified atom stereocenters. The van der Waals surface area contributed by atoms with Gasteiger partial charge in [-0.25, -0.2) is 0 Å². The van der Waals surface area contributed by atoms with Crippen LogP contribution in [0.5, 0.6) is 0 Å². The molecule has 2 heterocycles. The standard InChI is InChI=1S/C7H14N2.2ClH/c1-9-3-5-2-6(4-9)7(5)8;;/h5-7H,2-4,8H2,1H3;2*1H. The zero-order valence-corrected chi connectivity index (χ0v) is 8.33. The van der Waals surface area contributed by atoms with Crippen molar-refractivity contribution in [3.05, 3.63) is 0 Å². The Morgan fingerprint density at radius 1 is 1.18 bits per heavy atom. The van der Waals surface area contributed by atoms with Gasteiger partial charge in [0.2, 0.25) is 0 Å². The number of piperidine rings is 2. The highest BCUT2D eigenvalue weighted by molar-refractivity contribution is 5.85. The van der Waals surface area contributed by atoms with Gasteiger partial charge in [0.1, 0.15) is 0 Å². The zero-order chi connectivity index (χ0) is 6.43. The van der Waals surface area contributed by atoms with Crippen LogP contribution in [0.4, 0.5) is 0 Å². The molecule has 3 fully saturated rings. The van der Waals surface area contributed by atoms with Gasteiger partial charge < -0.3 is 10.6 Å². The van der Waals surface area contributed by atoms with E-state index < -0.39 is 0 Å². The van der Waals surface area contributed by atoms with E-state index in [1.54, 1.807) is 0 Å². The Morgan fingerprint density at radius 2 is 1.64 bits per heavy atom. The number of fused-ring (bicyclic) bond motifs is 2. The van der Waals surface area contributed by atoms with Crippen molar-refractivity contribution < 1.29 is 0 Å². The van der Waals surface area contributed by atoms with Gasteiger partial charge in [0, 0.05) is 19.1 Å². The molecule has 3 aliphatic rings. The van der Waals surface area contributed by atoms with Crippen molar-refractivity contribution in [3.63, 3.8) is 0 Å². The van der Waals surface area contributed by atoms with E-state index >= 15 is 0 Å². The predicted molar refractivity (Wildman–Crippen MR) is 51.6 cm³/mol. The molecule has 0 spiro atoms. The lowest BCUT2D eigenvalue weighted by atomic mass is 9.67. The summed E-state index contributed by atoms with van der Waals surface area (Å²) >= 11 is 0. The molecule has 11 heavy (non-hydrogen) atoms. The van der Waals surface area contributed by atoms with Crippen molar-refractivity contribution in [2.45, 2.75) is 12.5 Å². The second-order valence-corrected chi connectivity index (χ2v) is 3.55. The molecule has 4 heteroatoms. The van der Waals surface area contributed by atoms with E-state index in [0.717, 1.165) is 11.8 Å². The maximum absolute atomic E-state index is 5.86. The molecule has 68 valence electrons. The van der Waals surface area contributed by atoms with E-state index in [4.69, 9.17) is 5.73 Å². The largest absolute Gasteiger partial charge is 0.327 e. The molecule has 2 saturated heterocycles. The SMILES string of the molecule is CN1CC2CC(C1)C2N.Cl.Cl. The average Bonchev–Trinajstić information content (AvgIpc) is 1.87. The zero-order valence-electron chi connectivity index (χ0n) is 6.69. The molecule has 3 rings (SSSR count). The first kappa shape index (κ1) is 11.5. The summed E-state index contributed by atoms with van der Waals surface area (Å²) in [5, 5.41) is 0. The Bertz CT molecular complexity index is 120. The highest BCUT2D eigenvalue weighted by Crippen LogP contribution is 2.37. The van der Waals surface area contributed by atoms with Crippen LogP contribution in [0, 0.1) is 11.8 Å². The molecule has 2 aliphatic heterocycles. The van der Waals surface area contributed by atoms with Crippen LogP contribution < -0.4 is 5.73 Å². The minimum absolute atomic E-state index is 0. The summed E-state index contributed by atoms with van der Waals surface area (Å²) in [5.74, 6) is 1.66. The van der Waals surface area contributed by atoms with Gasteiger partial charge in [-0.05, 0) is 25.3 Å². The fourth-order valence-corrected chi connectivity index (χ4v) is 2.16. The maximum atomic E-state index is 5.86. The number of halogens is 2. The first-order valence-corrected chi connectivity index (χ1v) is 3.71. The first-order valence-electron chi connectivity index (χ1n) is 3.71. The van der Waals surface area contributed by atoms with Crippen LogP contribution >= 0.6 is 24.8 Å². The van der Waals surface area contributed by atoms with Crippen molar-refractivity contribution in [1.82, 2.24) is 4.90 Å². The fourth-order valence-electron chi connectivity index (χ4n) is 2.16. The second-order valence-electron chi connectivity index (χ2n) is 3.55. The molecular weight excluding hydrogens is 183 g/mol. The fraction of sp³-hybridized carbons (Fsp3) is 1.00. The lowest BCUT2D eigenvalue weighted by molar-refractivity contribution is 0.0171. The molecule has 2 nitrogen and oxygen atoms in total. The number of nitrogens with zero attached hydrogens (tertiary/aromatic N) is 1. The van der Waals surface area contributed by atoms with Crippen LogP contribution in [-0.4, -0.2) is 31.1 Å². The van der Waals surface area contributed by atoms with Crippen LogP contribution in [0.3, 0.4) is 0 Å². The van der Waals surface area contributed by atoms with E-state index in [0.29, 0.717) is 6.04 Å².